The summed E-state index contributed by atoms with van der Waals surface area (Å²) in [5.74, 6) is -1.07. The average molecular weight is 271 g/mol. The van der Waals surface area contributed by atoms with E-state index in [2.05, 4.69) is 11.9 Å². The van der Waals surface area contributed by atoms with E-state index in [-0.39, 0.29) is 23.8 Å². The van der Waals surface area contributed by atoms with Crippen molar-refractivity contribution in [2.75, 3.05) is 6.54 Å². The first-order valence-electron chi connectivity index (χ1n) is 6.16. The minimum atomic E-state index is -0.628. The number of allylic oxidation sites excluding steroid dienone is 2. The summed E-state index contributed by atoms with van der Waals surface area (Å²) in [6.45, 7) is 3.78. The highest BCUT2D eigenvalue weighted by Crippen LogP contribution is 2.21. The van der Waals surface area contributed by atoms with E-state index in [9.17, 15) is 14.4 Å². The summed E-state index contributed by atoms with van der Waals surface area (Å²) in [7, 11) is 0. The number of nitrogens with one attached hydrogen (secondary N) is 1. The summed E-state index contributed by atoms with van der Waals surface area (Å²) >= 11 is 0. The van der Waals surface area contributed by atoms with Gasteiger partial charge in [-0.2, -0.15) is 5.26 Å². The number of piperidine rings is 1. The number of imide groups is 1. The van der Waals surface area contributed by atoms with Gasteiger partial charge in [-0.3, -0.25) is 19.7 Å². The molecule has 2 aliphatic heterocycles. The van der Waals surface area contributed by atoms with Crippen molar-refractivity contribution in [3.8, 4) is 6.07 Å². The lowest BCUT2D eigenvalue weighted by Crippen LogP contribution is -2.53. The standard InChI is InChI=1S/C14H13N3O3/c1-2-9(8-15)7-10-5-6-17(14(10)20)11-3-4-12(18)16-13(11)19/h2,5,7,11H,1,3-4,6H2,(H,16,18,19)/b9-7+. The molecule has 2 heterocycles. The Labute approximate surface area is 116 Å². The molecule has 0 radical (unpaired) electrons. The summed E-state index contributed by atoms with van der Waals surface area (Å²) in [4.78, 5) is 36.5. The lowest BCUT2D eigenvalue weighted by molar-refractivity contribution is -0.142. The highest BCUT2D eigenvalue weighted by atomic mass is 16.2. The number of carbonyl (C=O) groups excluding carboxylic acids is 3. The summed E-state index contributed by atoms with van der Waals surface area (Å²) < 4.78 is 0. The predicted molar refractivity (Wildman–Crippen MR) is 69.9 cm³/mol. The number of amides is 3. The topological polar surface area (TPSA) is 90.3 Å². The summed E-state index contributed by atoms with van der Waals surface area (Å²) in [6.07, 6.45) is 5.02. The van der Waals surface area contributed by atoms with Crippen LogP contribution in [0.3, 0.4) is 0 Å². The van der Waals surface area contributed by atoms with Gasteiger partial charge < -0.3 is 4.90 Å². The smallest absolute Gasteiger partial charge is 0.254 e. The van der Waals surface area contributed by atoms with Crippen molar-refractivity contribution in [1.29, 1.82) is 5.26 Å². The second-order valence-electron chi connectivity index (χ2n) is 4.50. The molecule has 6 nitrogen and oxygen atoms in total. The molecule has 0 aromatic heterocycles. The normalized spacial score (nSPS) is 23.2. The van der Waals surface area contributed by atoms with Gasteiger partial charge in [-0.15, -0.1) is 0 Å². The van der Waals surface area contributed by atoms with Crippen molar-refractivity contribution in [3.05, 3.63) is 36.0 Å². The van der Waals surface area contributed by atoms with Crippen LogP contribution in [0.4, 0.5) is 0 Å². The Kier molecular flexibility index (Phi) is 3.80. The van der Waals surface area contributed by atoms with Crippen LogP contribution in [0.5, 0.6) is 0 Å². The molecule has 1 fully saturated rings. The largest absolute Gasteiger partial charge is 0.323 e. The Morgan fingerprint density at radius 1 is 1.50 bits per heavy atom. The van der Waals surface area contributed by atoms with Crippen LogP contribution in [0.2, 0.25) is 0 Å². The fourth-order valence-electron chi connectivity index (χ4n) is 2.21. The second kappa shape index (κ2) is 5.53. The summed E-state index contributed by atoms with van der Waals surface area (Å²) in [6, 6.07) is 1.29. The van der Waals surface area contributed by atoms with Gasteiger partial charge in [-0.25, -0.2) is 0 Å². The van der Waals surface area contributed by atoms with E-state index in [4.69, 9.17) is 5.26 Å². The van der Waals surface area contributed by atoms with Gasteiger partial charge in [-0.1, -0.05) is 18.7 Å². The molecule has 0 aromatic carbocycles. The quantitative estimate of drug-likeness (QED) is 0.451. The van der Waals surface area contributed by atoms with Crippen LogP contribution in [-0.4, -0.2) is 35.2 Å². The first kappa shape index (κ1) is 13.7. The molecule has 1 N–H and O–H groups in total. The van der Waals surface area contributed by atoms with E-state index in [0.717, 1.165) is 0 Å². The maximum Gasteiger partial charge on any atom is 0.254 e. The Morgan fingerprint density at radius 3 is 2.85 bits per heavy atom. The van der Waals surface area contributed by atoms with Crippen molar-refractivity contribution in [2.24, 2.45) is 0 Å². The van der Waals surface area contributed by atoms with Gasteiger partial charge in [0.25, 0.3) is 5.91 Å². The summed E-state index contributed by atoms with van der Waals surface area (Å²) in [5.41, 5.74) is 0.654. The highest BCUT2D eigenvalue weighted by Gasteiger charge is 2.36. The van der Waals surface area contributed by atoms with Gasteiger partial charge >= 0.3 is 0 Å². The molecule has 0 aliphatic carbocycles. The van der Waals surface area contributed by atoms with Crippen LogP contribution in [0.25, 0.3) is 0 Å². The Balaban J connectivity index is 2.13. The lowest BCUT2D eigenvalue weighted by atomic mass is 10.0. The van der Waals surface area contributed by atoms with Crippen LogP contribution >= 0.6 is 0 Å². The Morgan fingerprint density at radius 2 is 2.25 bits per heavy atom. The third kappa shape index (κ3) is 2.52. The van der Waals surface area contributed by atoms with E-state index in [1.54, 1.807) is 6.08 Å². The highest BCUT2D eigenvalue weighted by molar-refractivity contribution is 6.05. The van der Waals surface area contributed by atoms with Crippen LogP contribution < -0.4 is 5.32 Å². The van der Waals surface area contributed by atoms with Gasteiger partial charge in [-0.05, 0) is 12.5 Å². The zero-order chi connectivity index (χ0) is 14.7. The van der Waals surface area contributed by atoms with E-state index in [0.29, 0.717) is 18.5 Å². The molecule has 1 atom stereocenters. The van der Waals surface area contributed by atoms with Crippen molar-refractivity contribution in [3.63, 3.8) is 0 Å². The van der Waals surface area contributed by atoms with Gasteiger partial charge in [0.2, 0.25) is 11.8 Å². The van der Waals surface area contributed by atoms with Gasteiger partial charge in [0, 0.05) is 18.5 Å². The fraction of sp³-hybridized carbons (Fsp3) is 0.286. The van der Waals surface area contributed by atoms with Crippen LogP contribution in [0, 0.1) is 11.3 Å². The number of rotatable bonds is 3. The molecule has 0 spiro atoms. The third-order valence-electron chi connectivity index (χ3n) is 3.26. The zero-order valence-corrected chi connectivity index (χ0v) is 10.8. The first-order chi connectivity index (χ1) is 9.56. The van der Waals surface area contributed by atoms with Gasteiger partial charge in [0.05, 0.1) is 11.6 Å². The maximum atomic E-state index is 12.2. The average Bonchev–Trinajstić information content (AvgIpc) is 2.77. The summed E-state index contributed by atoms with van der Waals surface area (Å²) in [5, 5.41) is 11.0. The SMILES string of the molecule is C=C/C(C#N)=C\C1=CCN(C2CCC(=O)NC2=O)C1=O. The molecule has 102 valence electrons. The van der Waals surface area contributed by atoms with Crippen molar-refractivity contribution in [2.45, 2.75) is 18.9 Å². The Hall–Kier alpha value is -2.68. The molecule has 0 saturated carbocycles. The molecule has 20 heavy (non-hydrogen) atoms. The molecule has 1 unspecified atom stereocenters. The molecular formula is C14H13N3O3. The van der Waals surface area contributed by atoms with Gasteiger partial charge in [0.1, 0.15) is 6.04 Å². The minimum Gasteiger partial charge on any atom is -0.323 e. The predicted octanol–water partition coefficient (Wildman–Crippen LogP) is 0.196. The van der Waals surface area contributed by atoms with E-state index >= 15 is 0 Å². The number of hydrogen-bond acceptors (Lipinski definition) is 4. The first-order valence-corrected chi connectivity index (χ1v) is 6.16. The second-order valence-corrected chi connectivity index (χ2v) is 4.50. The van der Waals surface area contributed by atoms with Crippen LogP contribution in [-0.2, 0) is 14.4 Å². The number of nitriles is 1. The van der Waals surface area contributed by atoms with Crippen LogP contribution in [0.15, 0.2) is 36.0 Å². The van der Waals surface area contributed by atoms with Crippen LogP contribution in [0.1, 0.15) is 12.8 Å². The maximum absolute atomic E-state index is 12.2. The third-order valence-corrected chi connectivity index (χ3v) is 3.26. The number of carbonyl (C=O) groups is 3. The fourth-order valence-corrected chi connectivity index (χ4v) is 2.21. The molecular weight excluding hydrogens is 258 g/mol. The zero-order valence-electron chi connectivity index (χ0n) is 10.8. The van der Waals surface area contributed by atoms with E-state index < -0.39 is 11.9 Å². The molecule has 2 aliphatic rings. The molecule has 0 aromatic rings. The monoisotopic (exact) mass is 271 g/mol. The van der Waals surface area contributed by atoms with Crippen molar-refractivity contribution < 1.29 is 14.4 Å². The van der Waals surface area contributed by atoms with E-state index in [1.807, 2.05) is 6.07 Å². The number of nitrogens with zero attached hydrogens (tertiary/aromatic N) is 2. The molecule has 2 rings (SSSR count). The minimum absolute atomic E-state index is 0.224. The molecule has 1 saturated heterocycles. The number of hydrogen-bond donors (Lipinski definition) is 1. The Bertz CT molecular complexity index is 595. The molecule has 3 amide bonds. The van der Waals surface area contributed by atoms with Gasteiger partial charge in [0.15, 0.2) is 0 Å². The molecule has 6 heteroatoms. The molecule has 0 bridgehead atoms. The van der Waals surface area contributed by atoms with Crippen molar-refractivity contribution in [1.82, 2.24) is 10.2 Å². The van der Waals surface area contributed by atoms with Crippen molar-refractivity contribution >= 4 is 17.7 Å². The van der Waals surface area contributed by atoms with E-state index in [1.165, 1.54) is 17.1 Å². The lowest BCUT2D eigenvalue weighted by Gasteiger charge is -2.29.